The van der Waals surface area contributed by atoms with Gasteiger partial charge in [0.05, 0.1) is 17.8 Å². The van der Waals surface area contributed by atoms with Crippen LogP contribution in [-0.2, 0) is 0 Å². The number of fused-ring (bicyclic) bond motifs is 1. The summed E-state index contributed by atoms with van der Waals surface area (Å²) in [6, 6.07) is 12.8. The second-order valence-corrected chi connectivity index (χ2v) is 7.64. The van der Waals surface area contributed by atoms with Crippen LogP contribution in [0.5, 0.6) is 0 Å². The number of benzene rings is 6. The molecule has 0 atom stereocenters. The molecule has 0 spiro atoms. The molecule has 35 heavy (non-hydrogen) atoms. The van der Waals surface area contributed by atoms with Crippen molar-refractivity contribution in [2.24, 2.45) is 0 Å². The number of anilines is 3. The summed E-state index contributed by atoms with van der Waals surface area (Å²) in [5, 5.41) is 1.52. The van der Waals surface area contributed by atoms with Crippen molar-refractivity contribution in [3.8, 4) is 22.3 Å². The van der Waals surface area contributed by atoms with E-state index in [0.717, 1.165) is 5.39 Å². The van der Waals surface area contributed by atoms with Crippen molar-refractivity contribution in [1.82, 2.24) is 0 Å². The Labute approximate surface area is 224 Å². The summed E-state index contributed by atoms with van der Waals surface area (Å²) in [6.45, 7) is 0. The highest BCUT2D eigenvalue weighted by atomic mass is 15.1. The standard InChI is InChI=1S/C34H25N/c1-3-11-26(12-4-1)27-21-23-31(24-22-27)35(30-16-5-2-6-17-30)32-18-9-15-29(25-32)34-20-10-14-28-13-7-8-19-33(28)34/h1-25H/i1D,3D,4D,9D,11D,12D,15D,18D,21D,22D,23D,24D,25D. The topological polar surface area (TPSA) is 3.24 Å². The highest BCUT2D eigenvalue weighted by Crippen LogP contribution is 2.38. The largest absolute Gasteiger partial charge is 0.310 e. The van der Waals surface area contributed by atoms with Crippen LogP contribution < -0.4 is 4.90 Å². The van der Waals surface area contributed by atoms with E-state index in [0.29, 0.717) is 10.9 Å². The van der Waals surface area contributed by atoms with Gasteiger partial charge in [0.1, 0.15) is 0 Å². The van der Waals surface area contributed by atoms with E-state index in [2.05, 4.69) is 0 Å². The molecule has 0 radical (unpaired) electrons. The van der Waals surface area contributed by atoms with Crippen LogP contribution in [0.1, 0.15) is 17.8 Å². The van der Waals surface area contributed by atoms with E-state index in [1.54, 1.807) is 48.5 Å². The molecule has 0 fully saturated rings. The van der Waals surface area contributed by atoms with Gasteiger partial charge in [0.15, 0.2) is 0 Å². The first-order valence-electron chi connectivity index (χ1n) is 17.4. The minimum Gasteiger partial charge on any atom is -0.310 e. The van der Waals surface area contributed by atoms with Gasteiger partial charge in [-0.25, -0.2) is 0 Å². The smallest absolute Gasteiger partial charge is 0.0651 e. The summed E-state index contributed by atoms with van der Waals surface area (Å²) in [5.41, 5.74) is -0.927. The molecule has 1 heteroatoms. The predicted octanol–water partition coefficient (Wildman–Crippen LogP) is 9.64. The molecular weight excluding hydrogens is 422 g/mol. The van der Waals surface area contributed by atoms with Gasteiger partial charge in [0.25, 0.3) is 0 Å². The van der Waals surface area contributed by atoms with E-state index in [9.17, 15) is 1.37 Å². The van der Waals surface area contributed by atoms with Crippen molar-refractivity contribution in [3.05, 3.63) is 151 Å². The molecule has 0 amide bonds. The molecule has 6 rings (SSSR count). The van der Waals surface area contributed by atoms with Gasteiger partial charge < -0.3 is 4.90 Å². The van der Waals surface area contributed by atoms with Gasteiger partial charge in [-0.3, -0.25) is 0 Å². The van der Waals surface area contributed by atoms with E-state index in [1.165, 1.54) is 4.90 Å². The lowest BCUT2D eigenvalue weighted by atomic mass is 9.97. The van der Waals surface area contributed by atoms with Crippen LogP contribution in [0, 0.1) is 0 Å². The first-order valence-corrected chi connectivity index (χ1v) is 10.9. The van der Waals surface area contributed by atoms with Gasteiger partial charge in [-0.05, 0) is 69.3 Å². The Balaban J connectivity index is 1.72. The maximum absolute atomic E-state index is 9.43. The molecule has 1 nitrogen and oxygen atoms in total. The zero-order valence-corrected chi connectivity index (χ0v) is 18.4. The van der Waals surface area contributed by atoms with Gasteiger partial charge in [-0.1, -0.05) is 115 Å². The molecule has 0 aliphatic rings. The Morgan fingerprint density at radius 1 is 0.457 bits per heavy atom. The molecule has 6 aromatic carbocycles. The van der Waals surface area contributed by atoms with Crippen molar-refractivity contribution < 1.29 is 17.8 Å². The molecule has 0 unspecified atom stereocenters. The van der Waals surface area contributed by atoms with E-state index in [1.807, 2.05) is 24.3 Å². The van der Waals surface area contributed by atoms with Crippen molar-refractivity contribution in [3.63, 3.8) is 0 Å². The molecule has 0 aliphatic heterocycles. The Bertz CT molecular complexity index is 2220. The summed E-state index contributed by atoms with van der Waals surface area (Å²) in [5.74, 6) is 0. The number of nitrogens with zero attached hydrogens (tertiary/aromatic N) is 1. The number of rotatable bonds is 5. The van der Waals surface area contributed by atoms with Crippen molar-refractivity contribution in [1.29, 1.82) is 0 Å². The molecule has 0 bridgehead atoms. The van der Waals surface area contributed by atoms with Gasteiger partial charge in [-0.15, -0.1) is 0 Å². The van der Waals surface area contributed by atoms with Gasteiger partial charge >= 0.3 is 0 Å². The zero-order valence-electron chi connectivity index (χ0n) is 31.4. The van der Waals surface area contributed by atoms with Gasteiger partial charge in [0, 0.05) is 17.1 Å². The van der Waals surface area contributed by atoms with Crippen LogP contribution in [0.4, 0.5) is 17.1 Å². The molecule has 0 aromatic heterocycles. The summed E-state index contributed by atoms with van der Waals surface area (Å²) in [4.78, 5) is 1.18. The van der Waals surface area contributed by atoms with Crippen LogP contribution in [0.15, 0.2) is 151 Å². The molecule has 0 saturated carbocycles. The normalized spacial score (nSPS) is 16.1. The van der Waals surface area contributed by atoms with Crippen LogP contribution in [0.2, 0.25) is 0 Å². The maximum atomic E-state index is 9.43. The quantitative estimate of drug-likeness (QED) is 0.247. The summed E-state index contributed by atoms with van der Waals surface area (Å²) < 4.78 is 113. The lowest BCUT2D eigenvalue weighted by Gasteiger charge is -2.26. The van der Waals surface area contributed by atoms with Gasteiger partial charge in [-0.2, -0.15) is 0 Å². The summed E-state index contributed by atoms with van der Waals surface area (Å²) >= 11 is 0. The minimum atomic E-state index is -0.707. The molecule has 6 aromatic rings. The number of hydrogen-bond donors (Lipinski definition) is 0. The first-order chi connectivity index (χ1) is 22.8. The molecule has 0 aliphatic carbocycles. The molecule has 166 valence electrons. The van der Waals surface area contributed by atoms with E-state index in [4.69, 9.17) is 16.4 Å². The third-order valence-electron chi connectivity index (χ3n) is 5.49. The third kappa shape index (κ3) is 4.20. The Hall–Kier alpha value is -4.62. The Morgan fingerprint density at radius 3 is 1.97 bits per heavy atom. The Kier molecular flexibility index (Phi) is 2.98. The minimum absolute atomic E-state index is 0.0368. The molecule has 0 saturated heterocycles. The monoisotopic (exact) mass is 460 g/mol. The van der Waals surface area contributed by atoms with Crippen molar-refractivity contribution in [2.75, 3.05) is 4.90 Å². The highest BCUT2D eigenvalue weighted by Gasteiger charge is 2.14. The highest BCUT2D eigenvalue weighted by molar-refractivity contribution is 5.97. The third-order valence-corrected chi connectivity index (χ3v) is 5.49. The zero-order chi connectivity index (χ0) is 34.8. The van der Waals surface area contributed by atoms with Crippen molar-refractivity contribution >= 4 is 27.8 Å². The van der Waals surface area contributed by atoms with Crippen LogP contribution in [0.3, 0.4) is 0 Å². The fourth-order valence-electron chi connectivity index (χ4n) is 3.89. The van der Waals surface area contributed by atoms with Crippen LogP contribution in [0.25, 0.3) is 33.0 Å². The van der Waals surface area contributed by atoms with Crippen LogP contribution in [-0.4, -0.2) is 0 Å². The number of hydrogen-bond acceptors (Lipinski definition) is 1. The van der Waals surface area contributed by atoms with E-state index < -0.39 is 83.3 Å². The van der Waals surface area contributed by atoms with Crippen molar-refractivity contribution in [2.45, 2.75) is 0 Å². The average Bonchev–Trinajstić information content (AvgIpc) is 3.09. The second-order valence-electron chi connectivity index (χ2n) is 7.64. The maximum Gasteiger partial charge on any atom is 0.0651 e. The van der Waals surface area contributed by atoms with E-state index in [-0.39, 0.29) is 29.0 Å². The molecular formula is C34H25N. The van der Waals surface area contributed by atoms with E-state index >= 15 is 0 Å². The predicted molar refractivity (Wildman–Crippen MR) is 150 cm³/mol. The fraction of sp³-hybridized carbons (Fsp3) is 0. The Morgan fingerprint density at radius 2 is 1.14 bits per heavy atom. The van der Waals surface area contributed by atoms with Crippen LogP contribution >= 0.6 is 0 Å². The fourth-order valence-corrected chi connectivity index (χ4v) is 3.89. The van der Waals surface area contributed by atoms with Gasteiger partial charge in [0.2, 0.25) is 0 Å². The SMILES string of the molecule is [2H]c1c([2H])c([2H])c(-c2c([2H])c([2H])c(N(c3ccccc3)c3c([2H])c([2H])c([2H])c(-c4cccc5ccccc45)c3[2H])c([2H])c2[2H])c([2H])c1[2H]. The second kappa shape index (κ2) is 9.32. The lowest BCUT2D eigenvalue weighted by Crippen LogP contribution is -2.09. The first kappa shape index (κ1) is 11.2. The molecule has 0 heterocycles. The molecule has 0 N–H and O–H groups in total. The average molecular weight is 461 g/mol. The summed E-state index contributed by atoms with van der Waals surface area (Å²) in [7, 11) is 0. The lowest BCUT2D eigenvalue weighted by molar-refractivity contribution is 1.28. The summed E-state index contributed by atoms with van der Waals surface area (Å²) in [6.07, 6.45) is 0. The number of para-hydroxylation sites is 1.